The third-order valence-corrected chi connectivity index (χ3v) is 14.2. The molecule has 0 radical (unpaired) electrons. The molecule has 2 unspecified atom stereocenters. The van der Waals surface area contributed by atoms with Crippen LogP contribution in [0.2, 0.25) is 24.2 Å². The summed E-state index contributed by atoms with van der Waals surface area (Å²) in [6.07, 6.45) is 7.93. The molecular formula is C50H82O19Si4. The molecule has 412 valence electrons. The van der Waals surface area contributed by atoms with E-state index in [4.69, 9.17) is 50.3 Å². The normalized spacial score (nSPS) is 16.7. The number of methoxy groups -OCH3 is 2. The monoisotopic (exact) mass is 1120 g/mol. The Bertz CT molecular complexity index is 2250. The van der Waals surface area contributed by atoms with Crippen LogP contribution >= 0.6 is 0 Å². The maximum atomic E-state index is 6.88. The number of rotatable bonds is 37. The molecule has 0 bridgehead atoms. The molecule has 12 N–H and O–H groups in total. The molecule has 0 aliphatic carbocycles. The van der Waals surface area contributed by atoms with Gasteiger partial charge in [-0.25, -0.2) is 0 Å². The third-order valence-electron chi connectivity index (χ3n) is 10.3. The second-order valence-corrected chi connectivity index (χ2v) is 25.8. The van der Waals surface area contributed by atoms with Gasteiger partial charge < -0.3 is 90.7 Å². The van der Waals surface area contributed by atoms with E-state index in [1.807, 2.05) is 118 Å². The maximum absolute atomic E-state index is 6.88. The molecular weight excluding hydrogens is 1020 g/mol. The van der Waals surface area contributed by atoms with Gasteiger partial charge in [0.05, 0.1) is 6.61 Å². The van der Waals surface area contributed by atoms with Crippen molar-refractivity contribution in [1.29, 1.82) is 17.2 Å². The van der Waals surface area contributed by atoms with Crippen LogP contribution in [0.3, 0.4) is 0 Å². The summed E-state index contributed by atoms with van der Waals surface area (Å²) in [5, 5.41) is 0. The summed E-state index contributed by atoms with van der Waals surface area (Å²) in [6.45, 7) is 8.74. The van der Waals surface area contributed by atoms with E-state index in [0.717, 1.165) is 77.5 Å². The molecule has 1 aliphatic heterocycles. The third kappa shape index (κ3) is 36.1. The van der Waals surface area contributed by atoms with Crippen LogP contribution in [-0.4, -0.2) is 156 Å². The average Bonchev–Trinajstić information content (AvgIpc) is 3.54. The number of hydrogen-bond donors (Lipinski definition) is 12. The Labute approximate surface area is 452 Å². The van der Waals surface area contributed by atoms with Gasteiger partial charge >= 0.3 is 35.2 Å². The highest BCUT2D eigenvalue weighted by molar-refractivity contribution is 6.57. The minimum atomic E-state index is -3.45. The van der Waals surface area contributed by atoms with E-state index in [0.29, 0.717) is 44.9 Å². The standard InChI is InChI=1S/C14H22O5Si.C13H22O4Si.C12H20O5Si.C11H18O5Si/c15-20(16,17)11-3-4-12-6-8-13(9-7-12)19-14-5-1-2-10-18-14;1-13(2,3)17-12-8-6-11(7-9-12)5-4-10-18(14,15)16;1-10(16-2)17-12-7-5-11(6-8-12)4-3-9-18(13,14)15;1-15-9-16-11-6-4-10(5-7-11)3-2-8-17(12,13)14/h6-9,14-17H,1-5,10-11H2;6-9,14-16H,4-5,10H2,1-3H3;5-8,10,13-15H,3-4,9H2,1-2H3;4-7,12-14H,2-3,8-9H2,1H3/i15T,16T,17T;14T,15T,16T;13T,14T,15T;12T,13T,14T. The van der Waals surface area contributed by atoms with Crippen molar-refractivity contribution in [3.63, 3.8) is 0 Å². The van der Waals surface area contributed by atoms with Crippen LogP contribution in [0.4, 0.5) is 0 Å². The number of hydrogen-bond acceptors (Lipinski definition) is 19. The molecule has 1 fully saturated rings. The van der Waals surface area contributed by atoms with Gasteiger partial charge in [-0.15, -0.1) is 0 Å². The lowest BCUT2D eigenvalue weighted by Gasteiger charge is -2.23. The van der Waals surface area contributed by atoms with Crippen molar-refractivity contribution in [2.75, 3.05) is 27.6 Å². The first-order valence-corrected chi connectivity index (χ1v) is 31.9. The molecule has 2 atom stereocenters. The molecule has 1 saturated heterocycles. The summed E-state index contributed by atoms with van der Waals surface area (Å²) in [6, 6.07) is 31.5. The number of ether oxygens (including phenoxy) is 7. The molecule has 19 nitrogen and oxygen atoms in total. The summed E-state index contributed by atoms with van der Waals surface area (Å²) in [7, 11) is -10.6. The zero-order valence-electron chi connectivity index (χ0n) is 54.7. The highest BCUT2D eigenvalue weighted by Gasteiger charge is 2.28. The van der Waals surface area contributed by atoms with E-state index >= 15 is 0 Å². The van der Waals surface area contributed by atoms with Gasteiger partial charge in [-0.3, -0.25) is 0 Å². The summed E-state index contributed by atoms with van der Waals surface area (Å²) >= 11 is 0. The summed E-state index contributed by atoms with van der Waals surface area (Å²) < 4.78 is 120. The Morgan fingerprint density at radius 3 is 1.23 bits per heavy atom. The van der Waals surface area contributed by atoms with Crippen molar-refractivity contribution in [3.05, 3.63) is 119 Å². The Morgan fingerprint density at radius 1 is 0.534 bits per heavy atom. The molecule has 0 aromatic heterocycles. The van der Waals surface area contributed by atoms with Crippen LogP contribution in [0.1, 0.15) is 94.9 Å². The van der Waals surface area contributed by atoms with Crippen molar-refractivity contribution in [2.45, 2.75) is 141 Å². The largest absolute Gasteiger partial charge is 0.492 e. The van der Waals surface area contributed by atoms with E-state index in [1.165, 1.54) is 0 Å². The molecule has 0 amide bonds. The predicted octanol–water partition coefficient (Wildman–Crippen LogP) is 4.58. The van der Waals surface area contributed by atoms with Crippen molar-refractivity contribution >= 4 is 35.2 Å². The molecule has 0 spiro atoms. The second kappa shape index (κ2) is 33.4. The Balaban J connectivity index is 0.000000387. The highest BCUT2D eigenvalue weighted by Crippen LogP contribution is 2.23. The van der Waals surface area contributed by atoms with E-state index in [1.54, 1.807) is 21.1 Å². The van der Waals surface area contributed by atoms with Crippen LogP contribution in [0.5, 0.6) is 23.0 Å². The van der Waals surface area contributed by atoms with Gasteiger partial charge in [-0.05, 0) is 163 Å². The van der Waals surface area contributed by atoms with Gasteiger partial charge in [-0.1, -0.05) is 48.5 Å². The highest BCUT2D eigenvalue weighted by atomic mass is 28.4. The zero-order valence-corrected chi connectivity index (χ0v) is 46.7. The maximum Gasteiger partial charge on any atom is 0.492 e. The Hall–Kier alpha value is -3.65. The molecule has 0 saturated carbocycles. The Morgan fingerprint density at radius 2 is 0.904 bits per heavy atom. The van der Waals surface area contributed by atoms with E-state index < -0.39 is 35.2 Å². The van der Waals surface area contributed by atoms with E-state index in [-0.39, 0.29) is 49.2 Å². The molecule has 4 aromatic rings. The first-order valence-electron chi connectivity index (χ1n) is 29.1. The first-order chi connectivity index (χ1) is 40.8. The molecule has 1 heterocycles. The fourth-order valence-corrected chi connectivity index (χ4v) is 9.10. The van der Waals surface area contributed by atoms with Gasteiger partial charge in [-0.2, -0.15) is 0 Å². The van der Waals surface area contributed by atoms with E-state index in [2.05, 4.69) is 57.6 Å². The van der Waals surface area contributed by atoms with E-state index in [9.17, 15) is 0 Å². The van der Waals surface area contributed by atoms with Crippen molar-refractivity contribution in [1.82, 2.24) is 0 Å². The van der Waals surface area contributed by atoms with Crippen LogP contribution in [0.15, 0.2) is 97.1 Å². The first kappa shape index (κ1) is 47.8. The van der Waals surface area contributed by atoms with Crippen LogP contribution in [0.25, 0.3) is 0 Å². The lowest BCUT2D eigenvalue weighted by atomic mass is 10.1. The smallest absolute Gasteiger partial charge is 0.488 e. The minimum Gasteiger partial charge on any atom is -0.488 e. The van der Waals surface area contributed by atoms with Gasteiger partial charge in [0.2, 0.25) is 0 Å². The molecule has 23 heteroatoms. The quantitative estimate of drug-likeness (QED) is 0.0217. The van der Waals surface area contributed by atoms with Gasteiger partial charge in [0.25, 0.3) is 0 Å². The van der Waals surface area contributed by atoms with Gasteiger partial charge in [0, 0.05) is 44.8 Å². The Kier molecular flexibility index (Phi) is 21.9. The molecule has 4 aromatic carbocycles. The number of benzene rings is 4. The minimum absolute atomic E-state index is 0.154. The van der Waals surface area contributed by atoms with Crippen LogP contribution < -0.4 is 18.9 Å². The fourth-order valence-electron chi connectivity index (χ4n) is 6.66. The SMILES string of the molecule is [3H]O[Si](CCCc1ccc(OC(C)(C)C)cc1)(O[3H])O[3H].[3H]O[Si](CCCc1ccc(OC(C)OC)cc1)(O[3H])O[3H].[3H]O[Si](CCCc1ccc(OC2CCCCO2)cc1)(O[3H])O[3H].[3H]O[Si](CCCc1ccc(OCOC)cc1)(O[3H])O[3H]. The second-order valence-electron chi connectivity index (χ2n) is 18.3. The van der Waals surface area contributed by atoms with Crippen molar-refractivity contribution < 1.29 is 90.7 Å². The van der Waals surface area contributed by atoms with Crippen LogP contribution in [-0.2, 0) is 39.9 Å². The molecule has 1 aliphatic rings. The lowest BCUT2D eigenvalue weighted by Crippen LogP contribution is -2.34. The predicted molar refractivity (Wildman–Crippen MR) is 282 cm³/mol. The number of aryl methyl sites for hydroxylation is 4. The summed E-state index contributed by atoms with van der Waals surface area (Å²) in [5.74, 6) is 3.03. The molecule has 5 rings (SSSR count). The molecule has 73 heavy (non-hydrogen) atoms. The van der Waals surface area contributed by atoms with Crippen molar-refractivity contribution in [2.24, 2.45) is 0 Å². The lowest BCUT2D eigenvalue weighted by molar-refractivity contribution is -0.105. The van der Waals surface area contributed by atoms with Crippen molar-refractivity contribution in [3.8, 4) is 23.0 Å². The topological polar surface area (TPSA) is 307 Å². The van der Waals surface area contributed by atoms with Crippen LogP contribution in [0, 0.1) is 0 Å². The summed E-state index contributed by atoms with van der Waals surface area (Å²) in [5.41, 5.74) is 4.09. The average molecular weight is 1120 g/mol. The van der Waals surface area contributed by atoms with Gasteiger partial charge in [0.1, 0.15) is 28.6 Å². The summed E-state index contributed by atoms with van der Waals surface area (Å²) in [4.78, 5) is 51.5. The zero-order chi connectivity index (χ0) is 63.0. The fraction of sp³-hybridized carbons (Fsp3) is 0.520. The van der Waals surface area contributed by atoms with Gasteiger partial charge in [0.15, 0.2) is 36.5 Å².